The van der Waals surface area contributed by atoms with Crippen molar-refractivity contribution in [3.63, 3.8) is 0 Å². The van der Waals surface area contributed by atoms with Crippen molar-refractivity contribution in [3.05, 3.63) is 0 Å². The number of hydrogen-bond donors (Lipinski definition) is 2. The van der Waals surface area contributed by atoms with Crippen molar-refractivity contribution in [3.8, 4) is 0 Å². The molecule has 0 spiro atoms. The molecule has 2 atom stereocenters. The molecule has 3 aliphatic rings. The second kappa shape index (κ2) is 9.62. The standard InChI is InChI=1S/C19H39N5O/c1-21-7-4-18(5-8-21)22(2)16-17-3-6-20-15-19(17)24-11-9-23(10-12-24)13-14-25/h17-20,25H,3-16H2,1-2H3. The van der Waals surface area contributed by atoms with E-state index in [4.69, 9.17) is 5.11 Å². The van der Waals surface area contributed by atoms with Crippen molar-refractivity contribution in [1.29, 1.82) is 0 Å². The number of likely N-dealkylation sites (tertiary alicyclic amines) is 1. The fraction of sp³-hybridized carbons (Fsp3) is 1.00. The van der Waals surface area contributed by atoms with Crippen molar-refractivity contribution in [1.82, 2.24) is 24.9 Å². The number of nitrogens with one attached hydrogen (secondary N) is 1. The van der Waals surface area contributed by atoms with E-state index >= 15 is 0 Å². The van der Waals surface area contributed by atoms with Crippen LogP contribution in [0.4, 0.5) is 0 Å². The molecule has 3 aliphatic heterocycles. The highest BCUT2D eigenvalue weighted by atomic mass is 16.3. The highest BCUT2D eigenvalue weighted by Crippen LogP contribution is 2.23. The van der Waals surface area contributed by atoms with Crippen molar-refractivity contribution in [2.24, 2.45) is 5.92 Å². The predicted molar refractivity (Wildman–Crippen MR) is 103 cm³/mol. The Morgan fingerprint density at radius 1 is 1.04 bits per heavy atom. The first-order valence-corrected chi connectivity index (χ1v) is 10.3. The first-order valence-electron chi connectivity index (χ1n) is 10.3. The number of piperidine rings is 2. The molecule has 6 heteroatoms. The zero-order valence-corrected chi connectivity index (χ0v) is 16.4. The van der Waals surface area contributed by atoms with Crippen LogP contribution in [0.25, 0.3) is 0 Å². The average Bonchev–Trinajstić information content (AvgIpc) is 2.64. The molecule has 146 valence electrons. The molecule has 6 nitrogen and oxygen atoms in total. The SMILES string of the molecule is CN1CCC(N(C)CC2CCNCC2N2CCN(CCO)CC2)CC1. The molecule has 25 heavy (non-hydrogen) atoms. The van der Waals surface area contributed by atoms with Gasteiger partial charge in [0.1, 0.15) is 0 Å². The minimum absolute atomic E-state index is 0.287. The van der Waals surface area contributed by atoms with Gasteiger partial charge in [-0.3, -0.25) is 9.80 Å². The molecule has 2 N–H and O–H groups in total. The monoisotopic (exact) mass is 353 g/mol. The molecule has 0 aliphatic carbocycles. The summed E-state index contributed by atoms with van der Waals surface area (Å²) in [6.07, 6.45) is 3.95. The molecular formula is C19H39N5O. The lowest BCUT2D eigenvalue weighted by molar-refractivity contribution is 0.0321. The van der Waals surface area contributed by atoms with E-state index in [0.29, 0.717) is 6.04 Å². The van der Waals surface area contributed by atoms with Gasteiger partial charge in [0.05, 0.1) is 6.61 Å². The van der Waals surface area contributed by atoms with E-state index in [1.807, 2.05) is 0 Å². The first kappa shape index (κ1) is 19.5. The highest BCUT2D eigenvalue weighted by molar-refractivity contribution is 4.90. The summed E-state index contributed by atoms with van der Waals surface area (Å²) in [7, 11) is 4.60. The van der Waals surface area contributed by atoms with Gasteiger partial charge in [-0.05, 0) is 58.9 Å². The molecule has 0 radical (unpaired) electrons. The van der Waals surface area contributed by atoms with E-state index < -0.39 is 0 Å². The van der Waals surface area contributed by atoms with Gasteiger partial charge < -0.3 is 20.2 Å². The van der Waals surface area contributed by atoms with Gasteiger partial charge in [0.15, 0.2) is 0 Å². The number of aliphatic hydroxyl groups excluding tert-OH is 1. The van der Waals surface area contributed by atoms with E-state index in [-0.39, 0.29) is 6.61 Å². The van der Waals surface area contributed by atoms with Crippen LogP contribution in [0.15, 0.2) is 0 Å². The topological polar surface area (TPSA) is 45.2 Å². The number of aliphatic hydroxyl groups is 1. The summed E-state index contributed by atoms with van der Waals surface area (Å²) in [6, 6.07) is 1.45. The molecule has 0 aromatic rings. The Kier molecular flexibility index (Phi) is 7.51. The predicted octanol–water partition coefficient (Wildman–Crippen LogP) is -0.400. The largest absolute Gasteiger partial charge is 0.395 e. The van der Waals surface area contributed by atoms with Crippen LogP contribution in [0.3, 0.4) is 0 Å². The number of hydrogen-bond acceptors (Lipinski definition) is 6. The van der Waals surface area contributed by atoms with Crippen molar-refractivity contribution in [2.75, 3.05) is 86.1 Å². The van der Waals surface area contributed by atoms with Gasteiger partial charge in [0, 0.05) is 57.9 Å². The molecule has 3 saturated heterocycles. The molecule has 3 rings (SSSR count). The summed E-state index contributed by atoms with van der Waals surface area (Å²) in [6.45, 7) is 11.7. The van der Waals surface area contributed by atoms with Gasteiger partial charge in [-0.15, -0.1) is 0 Å². The Balaban J connectivity index is 1.50. The fourth-order valence-electron chi connectivity index (χ4n) is 4.95. The Labute approximate surface area is 154 Å². The van der Waals surface area contributed by atoms with Crippen LogP contribution in [-0.4, -0.2) is 123 Å². The summed E-state index contributed by atoms with van der Waals surface area (Å²) in [4.78, 5) is 10.2. The van der Waals surface area contributed by atoms with Gasteiger partial charge in [-0.25, -0.2) is 0 Å². The third kappa shape index (κ3) is 5.37. The van der Waals surface area contributed by atoms with Crippen molar-refractivity contribution >= 4 is 0 Å². The Bertz CT molecular complexity index is 380. The van der Waals surface area contributed by atoms with Gasteiger partial charge in [-0.2, -0.15) is 0 Å². The summed E-state index contributed by atoms with van der Waals surface area (Å²) in [5.41, 5.74) is 0. The number of β-amino-alcohol motifs (C(OH)–C–C–N with tert-alkyl or cyclic N) is 1. The summed E-state index contributed by atoms with van der Waals surface area (Å²) >= 11 is 0. The molecular weight excluding hydrogens is 314 g/mol. The maximum atomic E-state index is 9.14. The third-order valence-corrected chi connectivity index (χ3v) is 6.72. The van der Waals surface area contributed by atoms with Gasteiger partial charge in [-0.1, -0.05) is 0 Å². The van der Waals surface area contributed by atoms with Gasteiger partial charge in [0.2, 0.25) is 0 Å². The Morgan fingerprint density at radius 2 is 1.76 bits per heavy atom. The highest BCUT2D eigenvalue weighted by Gasteiger charge is 2.33. The lowest BCUT2D eigenvalue weighted by Gasteiger charge is -2.46. The maximum absolute atomic E-state index is 9.14. The molecule has 3 heterocycles. The molecule has 0 saturated carbocycles. The van der Waals surface area contributed by atoms with E-state index in [2.05, 4.69) is 39.0 Å². The summed E-state index contributed by atoms with van der Waals surface area (Å²) < 4.78 is 0. The number of nitrogens with zero attached hydrogens (tertiary/aromatic N) is 4. The Morgan fingerprint density at radius 3 is 2.44 bits per heavy atom. The molecule has 0 bridgehead atoms. The van der Waals surface area contributed by atoms with Gasteiger partial charge in [0.25, 0.3) is 0 Å². The second-order valence-electron chi connectivity index (χ2n) is 8.40. The molecule has 2 unspecified atom stereocenters. The van der Waals surface area contributed by atoms with Crippen molar-refractivity contribution in [2.45, 2.75) is 31.3 Å². The quantitative estimate of drug-likeness (QED) is 0.678. The summed E-state index contributed by atoms with van der Waals surface area (Å²) in [5, 5.41) is 12.8. The fourth-order valence-corrected chi connectivity index (χ4v) is 4.95. The van der Waals surface area contributed by atoms with Crippen molar-refractivity contribution < 1.29 is 5.11 Å². The van der Waals surface area contributed by atoms with Crippen LogP contribution in [0.2, 0.25) is 0 Å². The minimum atomic E-state index is 0.287. The zero-order valence-electron chi connectivity index (χ0n) is 16.4. The van der Waals surface area contributed by atoms with E-state index in [0.717, 1.165) is 51.2 Å². The first-order chi connectivity index (χ1) is 12.2. The summed E-state index contributed by atoms with van der Waals surface area (Å²) in [5.74, 6) is 0.787. The van der Waals surface area contributed by atoms with E-state index in [1.165, 1.54) is 45.4 Å². The second-order valence-corrected chi connectivity index (χ2v) is 8.40. The Hall–Kier alpha value is -0.240. The number of rotatable bonds is 6. The lowest BCUT2D eigenvalue weighted by atomic mass is 9.89. The molecule has 3 fully saturated rings. The van der Waals surface area contributed by atoms with Crippen LogP contribution in [0.1, 0.15) is 19.3 Å². The van der Waals surface area contributed by atoms with E-state index in [1.54, 1.807) is 0 Å². The minimum Gasteiger partial charge on any atom is -0.395 e. The van der Waals surface area contributed by atoms with Crippen LogP contribution < -0.4 is 5.32 Å². The number of piperazine rings is 1. The van der Waals surface area contributed by atoms with Gasteiger partial charge >= 0.3 is 0 Å². The third-order valence-electron chi connectivity index (χ3n) is 6.72. The van der Waals surface area contributed by atoms with Crippen LogP contribution in [0, 0.1) is 5.92 Å². The van der Waals surface area contributed by atoms with Crippen LogP contribution in [-0.2, 0) is 0 Å². The normalized spacial score (nSPS) is 31.7. The molecule has 0 aromatic carbocycles. The zero-order chi connectivity index (χ0) is 17.6. The average molecular weight is 354 g/mol. The molecule has 0 aromatic heterocycles. The maximum Gasteiger partial charge on any atom is 0.0558 e. The van der Waals surface area contributed by atoms with Crippen LogP contribution in [0.5, 0.6) is 0 Å². The van der Waals surface area contributed by atoms with E-state index in [9.17, 15) is 0 Å². The molecule has 0 amide bonds. The van der Waals surface area contributed by atoms with Crippen LogP contribution >= 0.6 is 0 Å². The smallest absolute Gasteiger partial charge is 0.0558 e. The lowest BCUT2D eigenvalue weighted by Crippen LogP contribution is -2.59.